The summed E-state index contributed by atoms with van der Waals surface area (Å²) in [6.07, 6.45) is 8.66. The summed E-state index contributed by atoms with van der Waals surface area (Å²) in [5.74, 6) is 0.706. The minimum absolute atomic E-state index is 0.119. The second kappa shape index (κ2) is 8.33. The summed E-state index contributed by atoms with van der Waals surface area (Å²) >= 11 is 0. The molecule has 7 nitrogen and oxygen atoms in total. The van der Waals surface area contributed by atoms with Crippen molar-refractivity contribution in [2.75, 3.05) is 24.5 Å². The van der Waals surface area contributed by atoms with Crippen LogP contribution in [0.15, 0.2) is 43.0 Å². The molecule has 2 aromatic heterocycles. The zero-order chi connectivity index (χ0) is 19.3. The molecule has 27 heavy (non-hydrogen) atoms. The Balaban J connectivity index is 1.72. The van der Waals surface area contributed by atoms with Crippen molar-refractivity contribution in [2.45, 2.75) is 45.3 Å². The topological polar surface area (TPSA) is 71.5 Å². The summed E-state index contributed by atoms with van der Waals surface area (Å²) in [5, 5.41) is 0. The lowest BCUT2D eigenvalue weighted by Crippen LogP contribution is -2.56. The Hall–Kier alpha value is -2.70. The Labute approximate surface area is 160 Å². The fraction of sp³-hybridized carbons (Fsp3) is 0.500. The van der Waals surface area contributed by atoms with Gasteiger partial charge in [0.05, 0.1) is 6.04 Å². The Bertz CT molecular complexity index is 733. The van der Waals surface area contributed by atoms with Crippen LogP contribution in [0.1, 0.15) is 32.8 Å². The van der Waals surface area contributed by atoms with Crippen LogP contribution < -0.4 is 4.90 Å². The van der Waals surface area contributed by atoms with Crippen molar-refractivity contribution < 1.29 is 9.53 Å². The molecule has 0 aliphatic carbocycles. The summed E-state index contributed by atoms with van der Waals surface area (Å²) in [7, 11) is 0. The first-order valence-corrected chi connectivity index (χ1v) is 9.33. The van der Waals surface area contributed by atoms with Crippen molar-refractivity contribution in [1.82, 2.24) is 19.9 Å². The third-order valence-electron chi connectivity index (χ3n) is 4.43. The zero-order valence-corrected chi connectivity index (χ0v) is 16.2. The normalized spacial score (nSPS) is 17.7. The molecule has 1 unspecified atom stereocenters. The van der Waals surface area contributed by atoms with Gasteiger partial charge in [0.15, 0.2) is 0 Å². The zero-order valence-electron chi connectivity index (χ0n) is 16.2. The molecule has 0 bridgehead atoms. The van der Waals surface area contributed by atoms with Crippen molar-refractivity contribution in [3.8, 4) is 0 Å². The van der Waals surface area contributed by atoms with Crippen molar-refractivity contribution in [2.24, 2.45) is 0 Å². The second-order valence-electron chi connectivity index (χ2n) is 7.72. The fourth-order valence-corrected chi connectivity index (χ4v) is 3.18. The lowest BCUT2D eigenvalue weighted by atomic mass is 10.0. The van der Waals surface area contributed by atoms with Crippen LogP contribution in [0.25, 0.3) is 0 Å². The minimum atomic E-state index is -0.498. The average Bonchev–Trinajstić information content (AvgIpc) is 2.66. The number of carbonyl (C=O) groups is 1. The average molecular weight is 369 g/mol. The summed E-state index contributed by atoms with van der Waals surface area (Å²) in [4.78, 5) is 29.5. The number of aryl methyl sites for hydroxylation is 1. The highest BCUT2D eigenvalue weighted by atomic mass is 16.6. The maximum absolute atomic E-state index is 12.5. The Morgan fingerprint density at radius 2 is 1.96 bits per heavy atom. The molecule has 0 spiro atoms. The molecule has 2 aromatic rings. The molecule has 0 radical (unpaired) electrons. The van der Waals surface area contributed by atoms with Gasteiger partial charge in [-0.25, -0.2) is 14.8 Å². The monoisotopic (exact) mass is 369 g/mol. The van der Waals surface area contributed by atoms with E-state index in [-0.39, 0.29) is 12.1 Å². The van der Waals surface area contributed by atoms with Crippen molar-refractivity contribution >= 4 is 12.0 Å². The van der Waals surface area contributed by atoms with Gasteiger partial charge in [0.2, 0.25) is 5.95 Å². The van der Waals surface area contributed by atoms with E-state index in [2.05, 4.69) is 25.9 Å². The van der Waals surface area contributed by atoms with Crippen molar-refractivity contribution in [3.63, 3.8) is 0 Å². The van der Waals surface area contributed by atoms with Crippen LogP contribution in [0, 0.1) is 0 Å². The molecule has 0 aromatic carbocycles. The van der Waals surface area contributed by atoms with Gasteiger partial charge in [0, 0.05) is 44.4 Å². The van der Waals surface area contributed by atoms with E-state index in [9.17, 15) is 4.79 Å². The maximum Gasteiger partial charge on any atom is 0.410 e. The number of anilines is 1. The number of hydrogen-bond acceptors (Lipinski definition) is 6. The Morgan fingerprint density at radius 3 is 2.63 bits per heavy atom. The van der Waals surface area contributed by atoms with Gasteiger partial charge in [-0.3, -0.25) is 4.98 Å². The summed E-state index contributed by atoms with van der Waals surface area (Å²) < 4.78 is 5.56. The predicted octanol–water partition coefficient (Wildman–Crippen LogP) is 2.93. The van der Waals surface area contributed by atoms with E-state index in [1.807, 2.05) is 39.1 Å². The largest absolute Gasteiger partial charge is 0.444 e. The molecule has 0 N–H and O–H groups in total. The molecule has 1 fully saturated rings. The number of rotatable bonds is 4. The SMILES string of the molecule is CC(C)(C)OC(=O)N1CCN(c2ncccn2)C(CCc2cccnc2)C1. The van der Waals surface area contributed by atoms with Crippen LogP contribution in [-0.2, 0) is 11.2 Å². The number of hydrogen-bond donors (Lipinski definition) is 0. The molecule has 3 heterocycles. The maximum atomic E-state index is 12.5. The van der Waals surface area contributed by atoms with Gasteiger partial charge in [-0.1, -0.05) is 6.07 Å². The van der Waals surface area contributed by atoms with Gasteiger partial charge in [0.1, 0.15) is 5.60 Å². The minimum Gasteiger partial charge on any atom is -0.444 e. The summed E-state index contributed by atoms with van der Waals surface area (Å²) in [5.41, 5.74) is 0.683. The van der Waals surface area contributed by atoms with Crippen LogP contribution in [-0.4, -0.2) is 57.2 Å². The van der Waals surface area contributed by atoms with Crippen LogP contribution >= 0.6 is 0 Å². The van der Waals surface area contributed by atoms with E-state index in [0.29, 0.717) is 25.6 Å². The Kier molecular flexibility index (Phi) is 5.88. The van der Waals surface area contributed by atoms with Crippen LogP contribution in [0.2, 0.25) is 0 Å². The van der Waals surface area contributed by atoms with Gasteiger partial charge < -0.3 is 14.5 Å². The molecule has 3 rings (SSSR count). The van der Waals surface area contributed by atoms with Crippen molar-refractivity contribution in [1.29, 1.82) is 0 Å². The first-order valence-electron chi connectivity index (χ1n) is 9.33. The number of amides is 1. The standard InChI is InChI=1S/C20H27N5O2/c1-20(2,3)27-19(26)24-12-13-25(18-22-10-5-11-23-18)17(15-24)8-7-16-6-4-9-21-14-16/h4-6,9-11,14,17H,7-8,12-13,15H2,1-3H3. The number of aromatic nitrogens is 3. The van der Waals surface area contributed by atoms with Crippen LogP contribution in [0.4, 0.5) is 10.7 Å². The molecule has 1 amide bonds. The van der Waals surface area contributed by atoms with E-state index >= 15 is 0 Å². The molecular formula is C20H27N5O2. The second-order valence-corrected chi connectivity index (χ2v) is 7.72. The van der Waals surface area contributed by atoms with Gasteiger partial charge in [-0.15, -0.1) is 0 Å². The van der Waals surface area contributed by atoms with Gasteiger partial charge in [-0.2, -0.15) is 0 Å². The van der Waals surface area contributed by atoms with Crippen molar-refractivity contribution in [3.05, 3.63) is 48.5 Å². The number of carbonyl (C=O) groups excluding carboxylic acids is 1. The molecule has 0 saturated carbocycles. The predicted molar refractivity (Wildman–Crippen MR) is 104 cm³/mol. The molecule has 144 valence electrons. The quantitative estimate of drug-likeness (QED) is 0.825. The van der Waals surface area contributed by atoms with Crippen LogP contribution in [0.3, 0.4) is 0 Å². The summed E-state index contributed by atoms with van der Waals surface area (Å²) in [6.45, 7) is 7.53. The molecule has 1 aliphatic heterocycles. The molecule has 7 heteroatoms. The van der Waals surface area contributed by atoms with Gasteiger partial charge in [-0.05, 0) is 51.3 Å². The Morgan fingerprint density at radius 1 is 1.19 bits per heavy atom. The highest BCUT2D eigenvalue weighted by molar-refractivity contribution is 5.68. The van der Waals surface area contributed by atoms with Gasteiger partial charge >= 0.3 is 6.09 Å². The van der Waals surface area contributed by atoms with E-state index in [0.717, 1.165) is 12.8 Å². The molecule has 1 aliphatic rings. The number of nitrogens with zero attached hydrogens (tertiary/aromatic N) is 5. The fourth-order valence-electron chi connectivity index (χ4n) is 3.18. The highest BCUT2D eigenvalue weighted by Gasteiger charge is 2.32. The van der Waals surface area contributed by atoms with E-state index < -0.39 is 5.60 Å². The molecule has 1 saturated heterocycles. The van der Waals surface area contributed by atoms with E-state index in [1.165, 1.54) is 5.56 Å². The lowest BCUT2D eigenvalue weighted by Gasteiger charge is -2.41. The number of piperazine rings is 1. The van der Waals surface area contributed by atoms with E-state index in [1.54, 1.807) is 23.5 Å². The van der Waals surface area contributed by atoms with Crippen LogP contribution in [0.5, 0.6) is 0 Å². The third kappa shape index (κ3) is 5.39. The highest BCUT2D eigenvalue weighted by Crippen LogP contribution is 2.21. The van der Waals surface area contributed by atoms with Gasteiger partial charge in [0.25, 0.3) is 0 Å². The first-order chi connectivity index (χ1) is 12.9. The summed E-state index contributed by atoms with van der Waals surface area (Å²) in [6, 6.07) is 5.95. The lowest BCUT2D eigenvalue weighted by molar-refractivity contribution is 0.0211. The number of pyridine rings is 1. The third-order valence-corrected chi connectivity index (χ3v) is 4.43. The smallest absolute Gasteiger partial charge is 0.410 e. The molecular weight excluding hydrogens is 342 g/mol. The number of ether oxygens (including phenoxy) is 1. The molecule has 1 atom stereocenters. The first kappa shape index (κ1) is 19.1. The van der Waals surface area contributed by atoms with E-state index in [4.69, 9.17) is 4.74 Å².